The quantitative estimate of drug-likeness (QED) is 0.468. The van der Waals surface area contributed by atoms with Crippen LogP contribution in [0.25, 0.3) is 17.1 Å². The van der Waals surface area contributed by atoms with Gasteiger partial charge in [0.1, 0.15) is 5.82 Å². The molecule has 2 aromatic carbocycles. The first-order valence-corrected chi connectivity index (χ1v) is 10.1. The van der Waals surface area contributed by atoms with Gasteiger partial charge in [-0.2, -0.15) is 10.2 Å². The van der Waals surface area contributed by atoms with Crippen LogP contribution in [0.15, 0.2) is 65.3 Å². The third-order valence-electron chi connectivity index (χ3n) is 4.76. The monoisotopic (exact) mass is 448 g/mol. The Morgan fingerprint density at radius 2 is 1.97 bits per heavy atom. The van der Waals surface area contributed by atoms with Gasteiger partial charge < -0.3 is 5.32 Å². The van der Waals surface area contributed by atoms with Gasteiger partial charge in [-0.05, 0) is 61.4 Å². The second-order valence-electron chi connectivity index (χ2n) is 6.98. The van der Waals surface area contributed by atoms with Crippen LogP contribution in [0.4, 0.5) is 5.69 Å². The summed E-state index contributed by atoms with van der Waals surface area (Å²) < 4.78 is 2.62. The Balaban J connectivity index is 1.28. The number of halogens is 1. The molecule has 1 aliphatic carbocycles. The van der Waals surface area contributed by atoms with E-state index >= 15 is 0 Å². The fourth-order valence-electron chi connectivity index (χ4n) is 3.05. The lowest BCUT2D eigenvalue weighted by Gasteiger charge is -2.04. The molecule has 2 heterocycles. The molecule has 1 aliphatic rings. The maximum absolute atomic E-state index is 12.5. The zero-order valence-electron chi connectivity index (χ0n) is 15.3. The maximum Gasteiger partial charge on any atom is 0.276 e. The fraction of sp³-hybridized carbons (Fsp3) is 0.143. The summed E-state index contributed by atoms with van der Waals surface area (Å²) in [5.74, 6) is 1.91. The molecule has 29 heavy (non-hydrogen) atoms. The Bertz CT molecular complexity index is 1180. The van der Waals surface area contributed by atoms with Crippen LogP contribution >= 0.6 is 15.9 Å². The van der Waals surface area contributed by atoms with Crippen LogP contribution in [0.1, 0.15) is 35.1 Å². The lowest BCUT2D eigenvalue weighted by molar-refractivity contribution is 0.102. The van der Waals surface area contributed by atoms with E-state index in [1.807, 2.05) is 48.5 Å². The van der Waals surface area contributed by atoms with Crippen molar-refractivity contribution in [1.29, 1.82) is 0 Å². The first kappa shape index (κ1) is 17.8. The highest BCUT2D eigenvalue weighted by Gasteiger charge is 2.27. The number of anilines is 1. The number of hydrogen-bond acceptors (Lipinski definition) is 4. The molecule has 0 bridgehead atoms. The summed E-state index contributed by atoms with van der Waals surface area (Å²) in [4.78, 5) is 17.1. The van der Waals surface area contributed by atoms with Gasteiger partial charge in [-0.15, -0.1) is 0 Å². The van der Waals surface area contributed by atoms with Gasteiger partial charge in [-0.3, -0.25) is 9.89 Å². The molecule has 1 saturated carbocycles. The zero-order chi connectivity index (χ0) is 19.8. The number of amides is 1. The van der Waals surface area contributed by atoms with E-state index in [0.29, 0.717) is 23.1 Å². The first-order valence-electron chi connectivity index (χ1n) is 9.31. The highest BCUT2D eigenvalue weighted by molar-refractivity contribution is 9.10. The second kappa shape index (κ2) is 7.29. The molecule has 0 aliphatic heterocycles. The Hall–Kier alpha value is -3.26. The smallest absolute Gasteiger partial charge is 0.276 e. The average Bonchev–Trinajstić information content (AvgIpc) is 3.26. The Labute approximate surface area is 175 Å². The van der Waals surface area contributed by atoms with Crippen molar-refractivity contribution in [2.24, 2.45) is 0 Å². The van der Waals surface area contributed by atoms with Gasteiger partial charge in [0.25, 0.3) is 5.91 Å². The number of hydrogen-bond donors (Lipinski definition) is 2. The zero-order valence-corrected chi connectivity index (χ0v) is 16.9. The van der Waals surface area contributed by atoms with Crippen molar-refractivity contribution in [3.63, 3.8) is 0 Å². The fourth-order valence-corrected chi connectivity index (χ4v) is 3.44. The number of benzene rings is 2. The summed E-state index contributed by atoms with van der Waals surface area (Å²) in [5, 5.41) is 14.5. The Morgan fingerprint density at radius 3 is 2.72 bits per heavy atom. The maximum atomic E-state index is 12.5. The minimum absolute atomic E-state index is 0.264. The summed E-state index contributed by atoms with van der Waals surface area (Å²) in [7, 11) is 0. The first-order chi connectivity index (χ1) is 14.2. The van der Waals surface area contributed by atoms with Gasteiger partial charge in [0.15, 0.2) is 11.5 Å². The number of aromatic nitrogens is 5. The van der Waals surface area contributed by atoms with Crippen LogP contribution in [-0.4, -0.2) is 30.9 Å². The Morgan fingerprint density at radius 1 is 1.14 bits per heavy atom. The molecular formula is C21H17BrN6O. The number of rotatable bonds is 5. The topological polar surface area (TPSA) is 88.5 Å². The van der Waals surface area contributed by atoms with E-state index in [9.17, 15) is 4.79 Å². The largest absolute Gasteiger partial charge is 0.321 e. The molecular weight excluding hydrogens is 432 g/mol. The van der Waals surface area contributed by atoms with Crippen LogP contribution in [0, 0.1) is 0 Å². The lowest BCUT2D eigenvalue weighted by atomic mass is 10.2. The number of carbonyl (C=O) groups is 1. The van der Waals surface area contributed by atoms with Gasteiger partial charge >= 0.3 is 0 Å². The molecule has 0 radical (unpaired) electrons. The van der Waals surface area contributed by atoms with Crippen molar-refractivity contribution in [3.05, 3.63) is 76.8 Å². The van der Waals surface area contributed by atoms with Crippen LogP contribution in [-0.2, 0) is 0 Å². The van der Waals surface area contributed by atoms with Crippen molar-refractivity contribution < 1.29 is 4.79 Å². The molecule has 0 saturated heterocycles. The van der Waals surface area contributed by atoms with Crippen molar-refractivity contribution in [3.8, 4) is 17.1 Å². The molecule has 7 nitrogen and oxygen atoms in total. The minimum Gasteiger partial charge on any atom is -0.321 e. The van der Waals surface area contributed by atoms with E-state index < -0.39 is 0 Å². The van der Waals surface area contributed by atoms with Crippen molar-refractivity contribution in [2.45, 2.75) is 18.8 Å². The Kier molecular flexibility index (Phi) is 4.48. The van der Waals surface area contributed by atoms with Crippen molar-refractivity contribution in [1.82, 2.24) is 25.0 Å². The number of nitrogens with one attached hydrogen (secondary N) is 2. The van der Waals surface area contributed by atoms with Crippen LogP contribution in [0.2, 0.25) is 0 Å². The second-order valence-corrected chi connectivity index (χ2v) is 7.89. The normalized spacial score (nSPS) is 13.4. The van der Waals surface area contributed by atoms with Crippen LogP contribution in [0.3, 0.4) is 0 Å². The standard InChI is InChI=1S/C21H17BrN6O/c22-15-2-1-3-17(12-15)28-11-10-18(27-28)21(29)23-16-8-6-14(7-9-16)20-24-19(25-26-20)13-4-5-13/h1-3,6-13H,4-5H2,(H,23,29)(H,24,25,26). The number of nitrogens with zero attached hydrogens (tertiary/aromatic N) is 4. The summed E-state index contributed by atoms with van der Waals surface area (Å²) in [5.41, 5.74) is 2.82. The number of aromatic amines is 1. The van der Waals surface area contributed by atoms with Gasteiger partial charge in [0.2, 0.25) is 0 Å². The van der Waals surface area contributed by atoms with E-state index in [0.717, 1.165) is 21.5 Å². The molecule has 0 spiro atoms. The molecule has 2 aromatic heterocycles. The highest BCUT2D eigenvalue weighted by atomic mass is 79.9. The van der Waals surface area contributed by atoms with E-state index in [-0.39, 0.29) is 5.91 Å². The summed E-state index contributed by atoms with van der Waals surface area (Å²) in [6, 6.07) is 16.9. The summed E-state index contributed by atoms with van der Waals surface area (Å²) in [6.45, 7) is 0. The third kappa shape index (κ3) is 3.84. The van der Waals surface area contributed by atoms with E-state index in [2.05, 4.69) is 41.5 Å². The molecule has 4 aromatic rings. The number of carbonyl (C=O) groups excluding carboxylic acids is 1. The molecule has 1 fully saturated rings. The summed E-state index contributed by atoms with van der Waals surface area (Å²) in [6.07, 6.45) is 4.12. The molecule has 8 heteroatoms. The molecule has 144 valence electrons. The van der Waals surface area contributed by atoms with Crippen molar-refractivity contribution >= 4 is 27.5 Å². The highest BCUT2D eigenvalue weighted by Crippen LogP contribution is 2.38. The van der Waals surface area contributed by atoms with E-state index in [4.69, 9.17) is 0 Å². The number of H-pyrrole nitrogens is 1. The molecule has 0 unspecified atom stereocenters. The molecule has 2 N–H and O–H groups in total. The lowest BCUT2D eigenvalue weighted by Crippen LogP contribution is -2.13. The van der Waals surface area contributed by atoms with E-state index in [1.54, 1.807) is 16.9 Å². The van der Waals surface area contributed by atoms with Crippen molar-refractivity contribution in [2.75, 3.05) is 5.32 Å². The minimum atomic E-state index is -0.264. The van der Waals surface area contributed by atoms with E-state index in [1.165, 1.54) is 12.8 Å². The predicted molar refractivity (Wildman–Crippen MR) is 113 cm³/mol. The SMILES string of the molecule is O=C(Nc1ccc(-c2n[nH]c(C3CC3)n2)cc1)c1ccn(-c2cccc(Br)c2)n1. The van der Waals surface area contributed by atoms with Gasteiger partial charge in [-0.25, -0.2) is 9.67 Å². The van der Waals surface area contributed by atoms with Crippen LogP contribution < -0.4 is 5.32 Å². The summed E-state index contributed by atoms with van der Waals surface area (Å²) >= 11 is 3.44. The van der Waals surface area contributed by atoms with Gasteiger partial charge in [0, 0.05) is 27.8 Å². The van der Waals surface area contributed by atoms with Gasteiger partial charge in [-0.1, -0.05) is 22.0 Å². The third-order valence-corrected chi connectivity index (χ3v) is 5.26. The molecule has 0 atom stereocenters. The molecule has 5 rings (SSSR count). The predicted octanol–water partition coefficient (Wildman–Crippen LogP) is 4.55. The average molecular weight is 449 g/mol. The van der Waals surface area contributed by atoms with Gasteiger partial charge in [0.05, 0.1) is 5.69 Å². The molecule has 1 amide bonds. The van der Waals surface area contributed by atoms with Crippen LogP contribution in [0.5, 0.6) is 0 Å².